The highest BCUT2D eigenvalue weighted by atomic mass is 32.2. The van der Waals surface area contributed by atoms with E-state index in [4.69, 9.17) is 14.2 Å². The number of morpholine rings is 1. The number of rotatable bonds is 10. The summed E-state index contributed by atoms with van der Waals surface area (Å²) < 4.78 is 41.3. The summed E-state index contributed by atoms with van der Waals surface area (Å²) >= 11 is 0. The van der Waals surface area contributed by atoms with E-state index < -0.39 is 28.5 Å². The first-order chi connectivity index (χ1) is 14.3. The molecule has 0 saturated carbocycles. The maximum atomic E-state index is 12.6. The van der Waals surface area contributed by atoms with Gasteiger partial charge in [-0.15, -0.1) is 0 Å². The molecule has 11 heteroatoms. The largest absolute Gasteiger partial charge is 0.466 e. The van der Waals surface area contributed by atoms with Crippen molar-refractivity contribution in [3.8, 4) is 0 Å². The van der Waals surface area contributed by atoms with E-state index in [9.17, 15) is 22.8 Å². The number of carbonyl (C=O) groups excluding carboxylic acids is 3. The van der Waals surface area contributed by atoms with Crippen LogP contribution < -0.4 is 5.32 Å². The normalized spacial score (nSPS) is 14.7. The second-order valence-electron chi connectivity index (χ2n) is 6.38. The predicted molar refractivity (Wildman–Crippen MR) is 105 cm³/mol. The molecule has 0 atom stereocenters. The van der Waals surface area contributed by atoms with E-state index >= 15 is 0 Å². The summed E-state index contributed by atoms with van der Waals surface area (Å²) in [5, 5.41) is 2.53. The second-order valence-corrected chi connectivity index (χ2v) is 8.31. The zero-order valence-electron chi connectivity index (χ0n) is 16.8. The number of benzene rings is 1. The molecule has 30 heavy (non-hydrogen) atoms. The fraction of sp³-hybridized carbons (Fsp3) is 0.526. The summed E-state index contributed by atoms with van der Waals surface area (Å²) in [5.74, 6) is -1.58. The van der Waals surface area contributed by atoms with Crippen LogP contribution in [0.5, 0.6) is 0 Å². The fourth-order valence-electron chi connectivity index (χ4n) is 2.66. The molecule has 166 valence electrons. The van der Waals surface area contributed by atoms with Crippen molar-refractivity contribution in [2.45, 2.75) is 24.7 Å². The fourth-order valence-corrected chi connectivity index (χ4v) is 4.07. The summed E-state index contributed by atoms with van der Waals surface area (Å²) in [5.41, 5.74) is 0.131. The first-order valence-corrected chi connectivity index (χ1v) is 11.1. The molecule has 1 saturated heterocycles. The van der Waals surface area contributed by atoms with Crippen molar-refractivity contribution in [3.05, 3.63) is 29.8 Å². The molecular weight excluding hydrogens is 416 g/mol. The van der Waals surface area contributed by atoms with Crippen LogP contribution in [0.2, 0.25) is 0 Å². The van der Waals surface area contributed by atoms with Gasteiger partial charge in [0.1, 0.15) is 0 Å². The van der Waals surface area contributed by atoms with Crippen molar-refractivity contribution < 1.29 is 37.0 Å². The number of nitrogens with one attached hydrogen (secondary N) is 1. The Hall–Kier alpha value is -2.50. The number of sulfonamides is 1. The molecule has 1 aliphatic heterocycles. The van der Waals surface area contributed by atoms with Gasteiger partial charge in [-0.1, -0.05) is 0 Å². The van der Waals surface area contributed by atoms with Crippen LogP contribution >= 0.6 is 0 Å². The van der Waals surface area contributed by atoms with Crippen LogP contribution in [-0.2, 0) is 33.8 Å². The van der Waals surface area contributed by atoms with Crippen LogP contribution in [-0.4, -0.2) is 76.6 Å². The smallest absolute Gasteiger partial charge is 0.338 e. The Morgan fingerprint density at radius 2 is 1.77 bits per heavy atom. The van der Waals surface area contributed by atoms with E-state index in [-0.39, 0.29) is 42.5 Å². The maximum absolute atomic E-state index is 12.6. The Morgan fingerprint density at radius 1 is 1.10 bits per heavy atom. The minimum Gasteiger partial charge on any atom is -0.466 e. The van der Waals surface area contributed by atoms with Crippen molar-refractivity contribution in [1.29, 1.82) is 0 Å². The van der Waals surface area contributed by atoms with Crippen molar-refractivity contribution in [2.75, 3.05) is 46.1 Å². The van der Waals surface area contributed by atoms with Crippen LogP contribution in [0.4, 0.5) is 0 Å². The van der Waals surface area contributed by atoms with Crippen LogP contribution in [0.1, 0.15) is 30.1 Å². The lowest BCUT2D eigenvalue weighted by atomic mass is 10.2. The Kier molecular flexibility index (Phi) is 9.21. The molecule has 1 aromatic carbocycles. The first kappa shape index (κ1) is 23.8. The van der Waals surface area contributed by atoms with Gasteiger partial charge in [-0.3, -0.25) is 9.59 Å². The molecule has 1 amide bonds. The van der Waals surface area contributed by atoms with Gasteiger partial charge in [0.05, 0.1) is 30.3 Å². The van der Waals surface area contributed by atoms with E-state index in [1.165, 1.54) is 28.6 Å². The third-order valence-corrected chi connectivity index (χ3v) is 6.13. The monoisotopic (exact) mass is 442 g/mol. The average Bonchev–Trinajstić information content (AvgIpc) is 2.76. The van der Waals surface area contributed by atoms with Gasteiger partial charge in [0.25, 0.3) is 5.91 Å². The van der Waals surface area contributed by atoms with Crippen molar-refractivity contribution in [3.63, 3.8) is 0 Å². The number of hydrogen-bond donors (Lipinski definition) is 1. The number of amides is 1. The molecule has 0 radical (unpaired) electrons. The van der Waals surface area contributed by atoms with E-state index in [2.05, 4.69) is 5.32 Å². The van der Waals surface area contributed by atoms with Crippen LogP contribution in [0.3, 0.4) is 0 Å². The van der Waals surface area contributed by atoms with Gasteiger partial charge in [-0.05, 0) is 37.6 Å². The molecule has 1 aliphatic rings. The molecule has 0 aliphatic carbocycles. The van der Waals surface area contributed by atoms with E-state index in [1.54, 1.807) is 6.92 Å². The van der Waals surface area contributed by atoms with Gasteiger partial charge in [0, 0.05) is 26.1 Å². The Labute approximate surface area is 175 Å². The number of nitrogens with zero attached hydrogens (tertiary/aromatic N) is 1. The molecule has 0 unspecified atom stereocenters. The van der Waals surface area contributed by atoms with E-state index in [0.29, 0.717) is 26.2 Å². The molecule has 2 rings (SSSR count). The Bertz CT molecular complexity index is 833. The van der Waals surface area contributed by atoms with Crippen LogP contribution in [0.25, 0.3) is 0 Å². The zero-order valence-corrected chi connectivity index (χ0v) is 17.6. The average molecular weight is 442 g/mol. The van der Waals surface area contributed by atoms with Gasteiger partial charge in [0.2, 0.25) is 10.0 Å². The minimum absolute atomic E-state index is 0.0697. The highest BCUT2D eigenvalue weighted by molar-refractivity contribution is 7.89. The molecule has 1 aromatic rings. The second kappa shape index (κ2) is 11.6. The van der Waals surface area contributed by atoms with E-state index in [1.807, 2.05) is 0 Å². The molecule has 1 fully saturated rings. The lowest BCUT2D eigenvalue weighted by molar-refractivity contribution is -0.143. The molecule has 0 spiro atoms. The van der Waals surface area contributed by atoms with Crippen molar-refractivity contribution >= 4 is 27.9 Å². The van der Waals surface area contributed by atoms with Gasteiger partial charge in [-0.25, -0.2) is 13.2 Å². The maximum Gasteiger partial charge on any atom is 0.338 e. The molecule has 1 N–H and O–H groups in total. The Morgan fingerprint density at radius 3 is 2.40 bits per heavy atom. The standard InChI is InChI=1S/C19H26N2O8S/c1-2-28-18(23)4-3-9-20-17(22)14-29-19(24)15-5-7-16(8-6-15)30(25,26)21-10-12-27-13-11-21/h5-8H,2-4,9-14H2,1H3,(H,20,22). The Balaban J connectivity index is 1.78. The quantitative estimate of drug-likeness (QED) is 0.405. The van der Waals surface area contributed by atoms with Gasteiger partial charge in [0.15, 0.2) is 6.61 Å². The van der Waals surface area contributed by atoms with Crippen LogP contribution in [0.15, 0.2) is 29.2 Å². The SMILES string of the molecule is CCOC(=O)CCCNC(=O)COC(=O)c1ccc(S(=O)(=O)N2CCOCC2)cc1. The highest BCUT2D eigenvalue weighted by Crippen LogP contribution is 2.18. The highest BCUT2D eigenvalue weighted by Gasteiger charge is 2.26. The lowest BCUT2D eigenvalue weighted by Gasteiger charge is -2.26. The third kappa shape index (κ3) is 7.08. The molecule has 0 bridgehead atoms. The number of esters is 2. The van der Waals surface area contributed by atoms with Crippen molar-refractivity contribution in [1.82, 2.24) is 9.62 Å². The van der Waals surface area contributed by atoms with E-state index in [0.717, 1.165) is 0 Å². The minimum atomic E-state index is -3.65. The summed E-state index contributed by atoms with van der Waals surface area (Å²) in [4.78, 5) is 35.0. The first-order valence-electron chi connectivity index (χ1n) is 9.62. The lowest BCUT2D eigenvalue weighted by Crippen LogP contribution is -2.40. The number of carbonyl (C=O) groups is 3. The topological polar surface area (TPSA) is 128 Å². The molecular formula is C19H26N2O8S. The molecule has 1 heterocycles. The summed E-state index contributed by atoms with van der Waals surface area (Å²) in [6, 6.07) is 5.34. The number of ether oxygens (including phenoxy) is 3. The summed E-state index contributed by atoms with van der Waals surface area (Å²) in [7, 11) is -3.65. The molecule has 0 aromatic heterocycles. The summed E-state index contributed by atoms with van der Waals surface area (Å²) in [6.07, 6.45) is 0.602. The van der Waals surface area contributed by atoms with Crippen LogP contribution in [0, 0.1) is 0 Å². The summed E-state index contributed by atoms with van der Waals surface area (Å²) in [6.45, 7) is 3.03. The predicted octanol–water partition coefficient (Wildman–Crippen LogP) is 0.324. The number of hydrogen-bond acceptors (Lipinski definition) is 8. The van der Waals surface area contributed by atoms with Gasteiger partial charge in [-0.2, -0.15) is 4.31 Å². The van der Waals surface area contributed by atoms with Gasteiger partial charge >= 0.3 is 11.9 Å². The van der Waals surface area contributed by atoms with Gasteiger partial charge < -0.3 is 19.5 Å². The third-order valence-electron chi connectivity index (χ3n) is 4.22. The van der Waals surface area contributed by atoms with Crippen molar-refractivity contribution in [2.24, 2.45) is 0 Å². The molecule has 10 nitrogen and oxygen atoms in total. The zero-order chi connectivity index (χ0) is 22.0.